The summed E-state index contributed by atoms with van der Waals surface area (Å²) in [7, 11) is 0. The maximum atomic E-state index is 7.98. The summed E-state index contributed by atoms with van der Waals surface area (Å²) < 4.78 is 11.0. The number of hydrogen-bond acceptors (Lipinski definition) is 8. The standard InChI is InChI=1S/C21H27N7O2/c1-16-15-30-12-9-28(16)20-13-17(3-2-6-27-7-10-29-11-8-27)18(14-22)21(25-20)24-19-4-5-23-26-19/h4-5,13-14,16,22H,6-12,15H2,1H3,(H2,23,24,25,26)/t16-/m1/s1. The molecule has 0 saturated carbocycles. The molecule has 0 aliphatic carbocycles. The molecular weight excluding hydrogens is 382 g/mol. The Kier molecular flexibility index (Phi) is 6.59. The number of H-pyrrole nitrogens is 1. The first-order valence-electron chi connectivity index (χ1n) is 10.2. The number of nitrogens with zero attached hydrogens (tertiary/aromatic N) is 4. The number of aromatic amines is 1. The number of morpholine rings is 2. The molecule has 0 radical (unpaired) electrons. The first kappa shape index (κ1) is 20.3. The first-order valence-corrected chi connectivity index (χ1v) is 10.2. The second kappa shape index (κ2) is 9.71. The van der Waals surface area contributed by atoms with Gasteiger partial charge in [-0.1, -0.05) is 11.8 Å². The van der Waals surface area contributed by atoms with Gasteiger partial charge in [0.15, 0.2) is 0 Å². The van der Waals surface area contributed by atoms with Gasteiger partial charge in [0.2, 0.25) is 0 Å². The Morgan fingerprint density at radius 1 is 1.30 bits per heavy atom. The van der Waals surface area contributed by atoms with Crippen LogP contribution in [-0.2, 0) is 9.47 Å². The van der Waals surface area contributed by atoms with Gasteiger partial charge in [0.05, 0.1) is 50.8 Å². The number of rotatable bonds is 5. The highest BCUT2D eigenvalue weighted by atomic mass is 16.5. The Morgan fingerprint density at radius 2 is 2.13 bits per heavy atom. The van der Waals surface area contributed by atoms with Gasteiger partial charge in [-0.05, 0) is 13.0 Å². The molecule has 2 aliphatic rings. The van der Waals surface area contributed by atoms with Crippen LogP contribution in [0.4, 0.5) is 17.5 Å². The number of aromatic nitrogens is 3. The molecule has 0 bridgehead atoms. The summed E-state index contributed by atoms with van der Waals surface area (Å²) in [6.07, 6.45) is 2.97. The van der Waals surface area contributed by atoms with Gasteiger partial charge in [-0.25, -0.2) is 4.98 Å². The lowest BCUT2D eigenvalue weighted by atomic mass is 10.1. The molecule has 2 fully saturated rings. The topological polar surface area (TPSA) is 102 Å². The summed E-state index contributed by atoms with van der Waals surface area (Å²) in [5, 5.41) is 18.1. The highest BCUT2D eigenvalue weighted by Gasteiger charge is 2.22. The highest BCUT2D eigenvalue weighted by Crippen LogP contribution is 2.26. The van der Waals surface area contributed by atoms with Gasteiger partial charge in [0, 0.05) is 37.5 Å². The fourth-order valence-corrected chi connectivity index (χ4v) is 3.56. The zero-order valence-corrected chi connectivity index (χ0v) is 17.1. The molecule has 0 spiro atoms. The lowest BCUT2D eigenvalue weighted by Crippen LogP contribution is -2.44. The largest absolute Gasteiger partial charge is 0.379 e. The van der Waals surface area contributed by atoms with Crippen molar-refractivity contribution in [2.75, 3.05) is 62.8 Å². The van der Waals surface area contributed by atoms with Crippen molar-refractivity contribution in [1.82, 2.24) is 20.1 Å². The van der Waals surface area contributed by atoms with Crippen LogP contribution < -0.4 is 10.2 Å². The third kappa shape index (κ3) is 4.79. The van der Waals surface area contributed by atoms with Gasteiger partial charge in [0.1, 0.15) is 17.5 Å². The third-order valence-electron chi connectivity index (χ3n) is 5.23. The number of anilines is 3. The van der Waals surface area contributed by atoms with Gasteiger partial charge in [-0.3, -0.25) is 10.00 Å². The van der Waals surface area contributed by atoms with Crippen molar-refractivity contribution < 1.29 is 9.47 Å². The van der Waals surface area contributed by atoms with E-state index in [1.54, 1.807) is 6.20 Å². The number of hydrogen-bond donors (Lipinski definition) is 3. The first-order chi connectivity index (χ1) is 14.7. The maximum absolute atomic E-state index is 7.98. The summed E-state index contributed by atoms with van der Waals surface area (Å²) in [6, 6.07) is 4.02. The van der Waals surface area contributed by atoms with Crippen molar-refractivity contribution in [3.8, 4) is 11.8 Å². The average Bonchev–Trinajstić information content (AvgIpc) is 3.28. The van der Waals surface area contributed by atoms with Crippen molar-refractivity contribution in [3.63, 3.8) is 0 Å². The Balaban J connectivity index is 1.67. The maximum Gasteiger partial charge on any atom is 0.144 e. The van der Waals surface area contributed by atoms with E-state index >= 15 is 0 Å². The SMILES string of the molecule is C[C@@H]1COCCN1c1cc(C#CCN2CCOCC2)c(C=N)c(Nc2ccn[nH]2)n1. The van der Waals surface area contributed by atoms with E-state index in [0.29, 0.717) is 37.0 Å². The van der Waals surface area contributed by atoms with Gasteiger partial charge >= 0.3 is 0 Å². The van der Waals surface area contributed by atoms with E-state index in [9.17, 15) is 0 Å². The van der Waals surface area contributed by atoms with E-state index in [0.717, 1.165) is 44.2 Å². The fraction of sp³-hybridized carbons (Fsp3) is 0.476. The molecule has 30 heavy (non-hydrogen) atoms. The minimum Gasteiger partial charge on any atom is -0.379 e. The molecule has 2 aromatic heterocycles. The molecule has 2 aromatic rings. The summed E-state index contributed by atoms with van der Waals surface area (Å²) in [6.45, 7) is 8.18. The predicted octanol–water partition coefficient (Wildman–Crippen LogP) is 1.45. The Bertz CT molecular complexity index is 913. The van der Waals surface area contributed by atoms with E-state index in [1.807, 2.05) is 12.1 Å². The monoisotopic (exact) mass is 409 g/mol. The van der Waals surface area contributed by atoms with Crippen molar-refractivity contribution in [3.05, 3.63) is 29.5 Å². The normalized spacial score (nSPS) is 19.8. The Morgan fingerprint density at radius 3 is 2.87 bits per heavy atom. The summed E-state index contributed by atoms with van der Waals surface area (Å²) in [5.74, 6) is 8.68. The summed E-state index contributed by atoms with van der Waals surface area (Å²) in [5.41, 5.74) is 1.44. The predicted molar refractivity (Wildman–Crippen MR) is 116 cm³/mol. The van der Waals surface area contributed by atoms with Gasteiger partial charge in [-0.2, -0.15) is 5.10 Å². The molecule has 2 aliphatic heterocycles. The molecular formula is C21H27N7O2. The zero-order valence-electron chi connectivity index (χ0n) is 17.1. The van der Waals surface area contributed by atoms with E-state index in [1.165, 1.54) is 6.21 Å². The second-order valence-electron chi connectivity index (χ2n) is 7.34. The Hall–Kier alpha value is -2.93. The van der Waals surface area contributed by atoms with Crippen molar-refractivity contribution in [2.24, 2.45) is 0 Å². The molecule has 0 aromatic carbocycles. The molecule has 9 nitrogen and oxygen atoms in total. The molecule has 4 rings (SSSR count). The van der Waals surface area contributed by atoms with E-state index in [-0.39, 0.29) is 6.04 Å². The van der Waals surface area contributed by atoms with Gasteiger partial charge in [-0.15, -0.1) is 0 Å². The van der Waals surface area contributed by atoms with Crippen LogP contribution in [0.1, 0.15) is 18.1 Å². The van der Waals surface area contributed by atoms with Crippen LogP contribution in [0.2, 0.25) is 0 Å². The molecule has 2 saturated heterocycles. The number of pyridine rings is 1. The smallest absolute Gasteiger partial charge is 0.144 e. The van der Waals surface area contributed by atoms with E-state index in [2.05, 4.69) is 44.1 Å². The molecule has 0 unspecified atom stereocenters. The van der Waals surface area contributed by atoms with Crippen LogP contribution in [-0.4, -0.2) is 84.9 Å². The summed E-state index contributed by atoms with van der Waals surface area (Å²) in [4.78, 5) is 9.32. The van der Waals surface area contributed by atoms with Crippen LogP contribution in [0.5, 0.6) is 0 Å². The zero-order chi connectivity index (χ0) is 20.8. The number of nitrogens with one attached hydrogen (secondary N) is 3. The third-order valence-corrected chi connectivity index (χ3v) is 5.23. The molecule has 1 atom stereocenters. The van der Waals surface area contributed by atoms with Gasteiger partial charge in [0.25, 0.3) is 0 Å². The minimum atomic E-state index is 0.214. The minimum absolute atomic E-state index is 0.214. The van der Waals surface area contributed by atoms with Crippen LogP contribution in [0, 0.1) is 17.3 Å². The van der Waals surface area contributed by atoms with Crippen molar-refractivity contribution in [1.29, 1.82) is 5.41 Å². The van der Waals surface area contributed by atoms with E-state index in [4.69, 9.17) is 19.9 Å². The number of ether oxygens (including phenoxy) is 2. The quantitative estimate of drug-likeness (QED) is 0.507. The van der Waals surface area contributed by atoms with Crippen molar-refractivity contribution >= 4 is 23.7 Å². The van der Waals surface area contributed by atoms with Crippen LogP contribution in [0.15, 0.2) is 18.3 Å². The highest BCUT2D eigenvalue weighted by molar-refractivity contribution is 5.90. The molecule has 0 amide bonds. The van der Waals surface area contributed by atoms with Crippen molar-refractivity contribution in [2.45, 2.75) is 13.0 Å². The Labute approximate surface area is 176 Å². The van der Waals surface area contributed by atoms with Gasteiger partial charge < -0.3 is 25.1 Å². The lowest BCUT2D eigenvalue weighted by Gasteiger charge is -2.34. The lowest BCUT2D eigenvalue weighted by molar-refractivity contribution is 0.0443. The second-order valence-corrected chi connectivity index (χ2v) is 7.34. The summed E-state index contributed by atoms with van der Waals surface area (Å²) >= 11 is 0. The molecule has 4 heterocycles. The molecule has 9 heteroatoms. The van der Waals surface area contributed by atoms with Crippen LogP contribution >= 0.6 is 0 Å². The van der Waals surface area contributed by atoms with Crippen LogP contribution in [0.3, 0.4) is 0 Å². The van der Waals surface area contributed by atoms with Crippen LogP contribution in [0.25, 0.3) is 0 Å². The fourth-order valence-electron chi connectivity index (χ4n) is 3.56. The molecule has 158 valence electrons. The molecule has 3 N–H and O–H groups in total. The average molecular weight is 409 g/mol. The van der Waals surface area contributed by atoms with E-state index < -0.39 is 0 Å².